The van der Waals surface area contributed by atoms with E-state index in [0.717, 1.165) is 30.1 Å². The molecule has 2 atom stereocenters. The van der Waals surface area contributed by atoms with Gasteiger partial charge in [-0.3, -0.25) is 9.69 Å². The van der Waals surface area contributed by atoms with Crippen LogP contribution in [0.1, 0.15) is 62.0 Å². The van der Waals surface area contributed by atoms with Gasteiger partial charge in [0.05, 0.1) is 17.7 Å². The lowest BCUT2D eigenvalue weighted by atomic mass is 9.63. The zero-order valence-electron chi connectivity index (χ0n) is 14.6. The average molecular weight is 310 g/mol. The molecule has 1 fully saturated rings. The first-order valence-electron chi connectivity index (χ1n) is 8.73. The zero-order chi connectivity index (χ0) is 16.8. The van der Waals surface area contributed by atoms with Crippen LogP contribution in [0.25, 0.3) is 0 Å². The van der Waals surface area contributed by atoms with E-state index in [0.29, 0.717) is 5.56 Å². The Kier molecular flexibility index (Phi) is 4.06. The molecule has 0 bridgehead atoms. The molecule has 0 spiro atoms. The van der Waals surface area contributed by atoms with Crippen LogP contribution in [0.3, 0.4) is 0 Å². The Labute approximate surface area is 139 Å². The maximum atomic E-state index is 13.2. The second-order valence-corrected chi connectivity index (χ2v) is 7.72. The minimum absolute atomic E-state index is 0.0453. The highest BCUT2D eigenvalue weighted by Crippen LogP contribution is 2.44. The van der Waals surface area contributed by atoms with Gasteiger partial charge >= 0.3 is 0 Å². The molecule has 1 unspecified atom stereocenters. The topological polar surface area (TPSA) is 44.1 Å². The van der Waals surface area contributed by atoms with Gasteiger partial charge in [0, 0.05) is 12.1 Å². The minimum atomic E-state index is -0.113. The molecule has 2 aliphatic carbocycles. The highest BCUT2D eigenvalue weighted by atomic mass is 16.1. The fraction of sp³-hybridized carbons (Fsp3) is 0.600. The molecule has 0 aliphatic heterocycles. The molecule has 23 heavy (non-hydrogen) atoms. The molecular weight excluding hydrogens is 284 g/mol. The number of nitrogens with zero attached hydrogens (tertiary/aromatic N) is 2. The van der Waals surface area contributed by atoms with E-state index in [4.69, 9.17) is 0 Å². The molecular formula is C20H26N2O. The van der Waals surface area contributed by atoms with Gasteiger partial charge in [-0.15, -0.1) is 0 Å². The molecule has 0 amide bonds. The number of carbonyl (C=O) groups excluding carboxylic acids is 1. The number of nitriles is 1. The molecule has 0 saturated heterocycles. The molecule has 3 rings (SSSR count). The van der Waals surface area contributed by atoms with E-state index in [9.17, 15) is 10.1 Å². The summed E-state index contributed by atoms with van der Waals surface area (Å²) in [4.78, 5) is 15.6. The largest absolute Gasteiger partial charge is 0.293 e. The van der Waals surface area contributed by atoms with Gasteiger partial charge in [-0.25, -0.2) is 0 Å². The summed E-state index contributed by atoms with van der Waals surface area (Å²) in [5.41, 5.74) is 2.37. The Hall–Kier alpha value is -1.66. The van der Waals surface area contributed by atoms with Crippen LogP contribution in [0.15, 0.2) is 18.2 Å². The fourth-order valence-corrected chi connectivity index (χ4v) is 3.94. The van der Waals surface area contributed by atoms with Crippen LogP contribution in [0, 0.1) is 23.2 Å². The van der Waals surface area contributed by atoms with E-state index in [1.807, 2.05) is 12.1 Å². The SMILES string of the molecule is CCN(CC1CC1)C1C(=O)c2ccc(C#N)cc2C(C)(C)[C@H]1C. The summed E-state index contributed by atoms with van der Waals surface area (Å²) in [7, 11) is 0. The van der Waals surface area contributed by atoms with E-state index >= 15 is 0 Å². The third kappa shape index (κ3) is 2.70. The van der Waals surface area contributed by atoms with Crippen LogP contribution in [0.5, 0.6) is 0 Å². The molecule has 1 saturated carbocycles. The van der Waals surface area contributed by atoms with Crippen molar-refractivity contribution in [3.05, 3.63) is 34.9 Å². The maximum Gasteiger partial charge on any atom is 0.180 e. The highest BCUT2D eigenvalue weighted by Gasteiger charge is 2.47. The highest BCUT2D eigenvalue weighted by molar-refractivity contribution is 6.03. The number of hydrogen-bond acceptors (Lipinski definition) is 3. The zero-order valence-corrected chi connectivity index (χ0v) is 14.6. The molecule has 3 heteroatoms. The van der Waals surface area contributed by atoms with Crippen LogP contribution < -0.4 is 0 Å². The first kappa shape index (κ1) is 16.2. The number of fused-ring (bicyclic) bond motifs is 1. The summed E-state index contributed by atoms with van der Waals surface area (Å²) in [5, 5.41) is 9.18. The van der Waals surface area contributed by atoms with Gasteiger partial charge < -0.3 is 0 Å². The molecule has 0 N–H and O–H groups in total. The summed E-state index contributed by atoms with van der Waals surface area (Å²) in [6, 6.07) is 7.71. The van der Waals surface area contributed by atoms with Gasteiger partial charge in [-0.2, -0.15) is 5.26 Å². The number of carbonyl (C=O) groups is 1. The van der Waals surface area contributed by atoms with Crippen molar-refractivity contribution >= 4 is 5.78 Å². The fourth-order valence-electron chi connectivity index (χ4n) is 3.94. The molecule has 3 nitrogen and oxygen atoms in total. The second kappa shape index (κ2) is 5.76. The lowest BCUT2D eigenvalue weighted by Crippen LogP contribution is -2.55. The summed E-state index contributed by atoms with van der Waals surface area (Å²) in [6.45, 7) is 10.7. The van der Waals surface area contributed by atoms with Gasteiger partial charge in [-0.05, 0) is 60.4 Å². The van der Waals surface area contributed by atoms with Crippen molar-refractivity contribution in [1.82, 2.24) is 4.90 Å². The van der Waals surface area contributed by atoms with Crippen molar-refractivity contribution < 1.29 is 4.79 Å². The van der Waals surface area contributed by atoms with Gasteiger partial charge in [0.2, 0.25) is 0 Å². The number of likely N-dealkylation sites (N-methyl/N-ethyl adjacent to an activating group) is 1. The Morgan fingerprint density at radius 1 is 1.35 bits per heavy atom. The average Bonchev–Trinajstić information content (AvgIpc) is 3.36. The second-order valence-electron chi connectivity index (χ2n) is 7.72. The van der Waals surface area contributed by atoms with Gasteiger partial charge in [0.1, 0.15) is 0 Å². The van der Waals surface area contributed by atoms with Crippen LogP contribution in [-0.2, 0) is 5.41 Å². The maximum absolute atomic E-state index is 13.2. The van der Waals surface area contributed by atoms with Gasteiger partial charge in [0.25, 0.3) is 0 Å². The Balaban J connectivity index is 2.03. The number of benzene rings is 1. The van der Waals surface area contributed by atoms with E-state index in [1.54, 1.807) is 6.07 Å². The first-order chi connectivity index (χ1) is 10.9. The number of rotatable bonds is 4. The molecule has 1 aromatic carbocycles. The Morgan fingerprint density at radius 3 is 2.61 bits per heavy atom. The summed E-state index contributed by atoms with van der Waals surface area (Å²) in [5.74, 6) is 1.24. The van der Waals surface area contributed by atoms with Gasteiger partial charge in [0.15, 0.2) is 5.78 Å². The molecule has 122 valence electrons. The van der Waals surface area contributed by atoms with Crippen molar-refractivity contribution in [3.8, 4) is 6.07 Å². The smallest absolute Gasteiger partial charge is 0.180 e. The van der Waals surface area contributed by atoms with E-state index in [2.05, 4.69) is 38.7 Å². The standard InChI is InChI=1S/C20H26N2O/c1-5-22(12-14-6-7-14)18-13(2)20(3,4)17-10-15(11-21)8-9-16(17)19(18)23/h8-10,13-14,18H,5-7,12H2,1-4H3/t13-,18?/m0/s1. The van der Waals surface area contributed by atoms with Crippen molar-refractivity contribution in [2.75, 3.05) is 13.1 Å². The van der Waals surface area contributed by atoms with E-state index in [-0.39, 0.29) is 23.2 Å². The molecule has 0 radical (unpaired) electrons. The number of ketones is 1. The third-order valence-corrected chi connectivity index (χ3v) is 5.98. The predicted octanol–water partition coefficient (Wildman–Crippen LogP) is 3.77. The van der Waals surface area contributed by atoms with Crippen molar-refractivity contribution in [1.29, 1.82) is 5.26 Å². The normalized spacial score (nSPS) is 26.0. The summed E-state index contributed by atoms with van der Waals surface area (Å²) in [6.07, 6.45) is 2.61. The van der Waals surface area contributed by atoms with Crippen LogP contribution in [0.2, 0.25) is 0 Å². The number of hydrogen-bond donors (Lipinski definition) is 0. The van der Waals surface area contributed by atoms with Crippen molar-refractivity contribution in [2.24, 2.45) is 11.8 Å². The van der Waals surface area contributed by atoms with Crippen molar-refractivity contribution in [3.63, 3.8) is 0 Å². The van der Waals surface area contributed by atoms with E-state index in [1.165, 1.54) is 12.8 Å². The first-order valence-corrected chi connectivity index (χ1v) is 8.73. The Morgan fingerprint density at radius 2 is 2.04 bits per heavy atom. The molecule has 0 heterocycles. The number of Topliss-reactive ketones (excluding diaryl/α,β-unsaturated/α-hetero) is 1. The minimum Gasteiger partial charge on any atom is -0.293 e. The van der Waals surface area contributed by atoms with Crippen LogP contribution in [0.4, 0.5) is 0 Å². The van der Waals surface area contributed by atoms with Crippen LogP contribution in [-0.4, -0.2) is 29.8 Å². The summed E-state index contributed by atoms with van der Waals surface area (Å²) >= 11 is 0. The lowest BCUT2D eigenvalue weighted by Gasteiger charge is -2.46. The summed E-state index contributed by atoms with van der Waals surface area (Å²) < 4.78 is 0. The van der Waals surface area contributed by atoms with E-state index < -0.39 is 0 Å². The predicted molar refractivity (Wildman–Crippen MR) is 91.4 cm³/mol. The molecule has 0 aromatic heterocycles. The van der Waals surface area contributed by atoms with Crippen molar-refractivity contribution in [2.45, 2.75) is 52.0 Å². The third-order valence-electron chi connectivity index (χ3n) is 5.98. The lowest BCUT2D eigenvalue weighted by molar-refractivity contribution is 0.0595. The molecule has 1 aromatic rings. The van der Waals surface area contributed by atoms with Crippen LogP contribution >= 0.6 is 0 Å². The molecule has 2 aliphatic rings. The van der Waals surface area contributed by atoms with Gasteiger partial charge in [-0.1, -0.05) is 27.7 Å². The monoisotopic (exact) mass is 310 g/mol. The quantitative estimate of drug-likeness (QED) is 0.850. The Bertz CT molecular complexity index is 667.